The van der Waals surface area contributed by atoms with E-state index in [1.807, 2.05) is 6.07 Å². The van der Waals surface area contributed by atoms with Gasteiger partial charge in [-0.05, 0) is 55.2 Å². The number of carbonyl (C=O) groups excluding carboxylic acids is 1. The Morgan fingerprint density at radius 1 is 1.25 bits per heavy atom. The molecular weight excluding hydrogens is 320 g/mol. The summed E-state index contributed by atoms with van der Waals surface area (Å²) in [6, 6.07) is 10.5. The average molecular weight is 353 g/mol. The number of nitrogens with one attached hydrogen (secondary N) is 2. The largest absolute Gasteiger partial charge is 0.356 e. The molecule has 3 nitrogen and oxygen atoms in total. The lowest BCUT2D eigenvalue weighted by molar-refractivity contribution is -0.122. The van der Waals surface area contributed by atoms with Crippen LogP contribution in [0.15, 0.2) is 30.3 Å². The van der Waals surface area contributed by atoms with Crippen LogP contribution in [0.5, 0.6) is 0 Å². The maximum absolute atomic E-state index is 12.3. The summed E-state index contributed by atoms with van der Waals surface area (Å²) in [7, 11) is 0. The van der Waals surface area contributed by atoms with E-state index in [-0.39, 0.29) is 23.7 Å². The highest BCUT2D eigenvalue weighted by Gasteiger charge is 2.24. The molecule has 2 rings (SSSR count). The zero-order chi connectivity index (χ0) is 16.7. The summed E-state index contributed by atoms with van der Waals surface area (Å²) in [4.78, 5) is 12.3. The minimum Gasteiger partial charge on any atom is -0.356 e. The second-order valence-corrected chi connectivity index (χ2v) is 7.87. The molecule has 0 aromatic heterocycles. The molecule has 1 unspecified atom stereocenters. The first-order valence-electron chi connectivity index (χ1n) is 8.98. The van der Waals surface area contributed by atoms with Crippen LogP contribution in [0.2, 0.25) is 0 Å². The van der Waals surface area contributed by atoms with Crippen molar-refractivity contribution in [2.75, 3.05) is 19.6 Å². The maximum atomic E-state index is 12.3. The van der Waals surface area contributed by atoms with Gasteiger partial charge in [-0.25, -0.2) is 0 Å². The molecule has 1 aromatic rings. The molecule has 2 N–H and O–H groups in total. The van der Waals surface area contributed by atoms with Crippen molar-refractivity contribution in [2.45, 2.75) is 46.5 Å². The fraction of sp³-hybridized carbons (Fsp3) is 0.650. The molecule has 1 fully saturated rings. The first kappa shape index (κ1) is 21.0. The smallest absolute Gasteiger partial charge is 0.220 e. The van der Waals surface area contributed by atoms with Crippen molar-refractivity contribution in [1.82, 2.24) is 10.6 Å². The molecule has 0 radical (unpaired) electrons. The van der Waals surface area contributed by atoms with Gasteiger partial charge in [-0.2, -0.15) is 0 Å². The van der Waals surface area contributed by atoms with Gasteiger partial charge in [0.2, 0.25) is 5.91 Å². The Bertz CT molecular complexity index is 484. The van der Waals surface area contributed by atoms with Gasteiger partial charge in [-0.15, -0.1) is 12.4 Å². The lowest BCUT2D eigenvalue weighted by Gasteiger charge is -2.29. The van der Waals surface area contributed by atoms with Crippen LogP contribution in [-0.2, 0) is 11.2 Å². The molecular formula is C20H33ClN2O. The van der Waals surface area contributed by atoms with Crippen molar-refractivity contribution in [3.8, 4) is 0 Å². The molecule has 1 aliphatic rings. The van der Waals surface area contributed by atoms with E-state index in [1.54, 1.807) is 0 Å². The Morgan fingerprint density at radius 2 is 1.88 bits per heavy atom. The average Bonchev–Trinajstić information content (AvgIpc) is 2.54. The number of benzene rings is 1. The number of hydrogen-bond donors (Lipinski definition) is 2. The number of rotatable bonds is 7. The first-order valence-corrected chi connectivity index (χ1v) is 8.98. The molecule has 0 aliphatic carbocycles. The third-order valence-corrected chi connectivity index (χ3v) is 4.99. The predicted molar refractivity (Wildman–Crippen MR) is 104 cm³/mol. The Kier molecular flexibility index (Phi) is 8.79. The van der Waals surface area contributed by atoms with Gasteiger partial charge in [0.25, 0.3) is 0 Å². The number of hydrogen-bond acceptors (Lipinski definition) is 2. The van der Waals surface area contributed by atoms with Crippen molar-refractivity contribution in [1.29, 1.82) is 0 Å². The Balaban J connectivity index is 0.00000288. The highest BCUT2D eigenvalue weighted by atomic mass is 35.5. The van der Waals surface area contributed by atoms with Crippen molar-refractivity contribution in [3.63, 3.8) is 0 Å². The standard InChI is InChI=1S/C20H32N2O.ClH/c1-16(18-9-11-21-12-10-18)13-19(23)22-15-20(2,3)14-17-7-5-4-6-8-17;/h4-8,16,18,21H,9-15H2,1-3H3,(H,22,23);1H. The highest BCUT2D eigenvalue weighted by Crippen LogP contribution is 2.25. The molecule has 1 saturated heterocycles. The van der Waals surface area contributed by atoms with E-state index in [4.69, 9.17) is 0 Å². The lowest BCUT2D eigenvalue weighted by atomic mass is 9.83. The molecule has 0 saturated carbocycles. The molecule has 1 aliphatic heterocycles. The summed E-state index contributed by atoms with van der Waals surface area (Å²) in [5.74, 6) is 1.38. The van der Waals surface area contributed by atoms with Crippen LogP contribution >= 0.6 is 12.4 Å². The molecule has 0 bridgehead atoms. The van der Waals surface area contributed by atoms with Crippen LogP contribution in [0.3, 0.4) is 0 Å². The van der Waals surface area contributed by atoms with E-state index in [2.05, 4.69) is 55.7 Å². The van der Waals surface area contributed by atoms with Gasteiger partial charge in [-0.3, -0.25) is 4.79 Å². The van der Waals surface area contributed by atoms with Crippen LogP contribution in [0.4, 0.5) is 0 Å². The maximum Gasteiger partial charge on any atom is 0.220 e. The second kappa shape index (κ2) is 10.0. The number of carbonyl (C=O) groups is 1. The van der Waals surface area contributed by atoms with E-state index < -0.39 is 0 Å². The zero-order valence-electron chi connectivity index (χ0n) is 15.3. The number of halogens is 1. The summed E-state index contributed by atoms with van der Waals surface area (Å²) >= 11 is 0. The van der Waals surface area contributed by atoms with Gasteiger partial charge < -0.3 is 10.6 Å². The minimum absolute atomic E-state index is 0. The molecule has 1 heterocycles. The summed E-state index contributed by atoms with van der Waals surface area (Å²) in [5.41, 5.74) is 1.41. The first-order chi connectivity index (χ1) is 11.0. The summed E-state index contributed by atoms with van der Waals surface area (Å²) in [6.07, 6.45) is 4.05. The Hall–Kier alpha value is -1.06. The van der Waals surface area contributed by atoms with Gasteiger partial charge >= 0.3 is 0 Å². The quantitative estimate of drug-likeness (QED) is 0.783. The third kappa shape index (κ3) is 7.23. The van der Waals surface area contributed by atoms with Gasteiger partial charge in [0.15, 0.2) is 0 Å². The van der Waals surface area contributed by atoms with E-state index in [1.165, 1.54) is 18.4 Å². The second-order valence-electron chi connectivity index (χ2n) is 7.87. The van der Waals surface area contributed by atoms with Gasteiger partial charge in [0.05, 0.1) is 0 Å². The van der Waals surface area contributed by atoms with E-state index in [9.17, 15) is 4.79 Å². The van der Waals surface area contributed by atoms with E-state index >= 15 is 0 Å². The van der Waals surface area contributed by atoms with Gasteiger partial charge in [-0.1, -0.05) is 51.1 Å². The topological polar surface area (TPSA) is 41.1 Å². The Labute approximate surface area is 153 Å². The van der Waals surface area contributed by atoms with Crippen LogP contribution in [0.1, 0.15) is 45.6 Å². The fourth-order valence-corrected chi connectivity index (χ4v) is 3.49. The monoisotopic (exact) mass is 352 g/mol. The van der Waals surface area contributed by atoms with E-state index in [0.717, 1.165) is 26.1 Å². The summed E-state index contributed by atoms with van der Waals surface area (Å²) in [5, 5.41) is 6.55. The number of amides is 1. The lowest BCUT2D eigenvalue weighted by Crippen LogP contribution is -2.37. The molecule has 0 spiro atoms. The van der Waals surface area contributed by atoms with Crippen molar-refractivity contribution in [2.24, 2.45) is 17.3 Å². The van der Waals surface area contributed by atoms with Crippen LogP contribution in [-0.4, -0.2) is 25.5 Å². The van der Waals surface area contributed by atoms with Gasteiger partial charge in [0.1, 0.15) is 0 Å². The fourth-order valence-electron chi connectivity index (χ4n) is 3.49. The normalized spacial score (nSPS) is 17.0. The predicted octanol–water partition coefficient (Wildman–Crippen LogP) is 3.82. The number of piperidine rings is 1. The molecule has 1 atom stereocenters. The SMILES string of the molecule is CC(CC(=O)NCC(C)(C)Cc1ccccc1)C1CCNCC1.Cl. The van der Waals surface area contributed by atoms with Crippen molar-refractivity contribution < 1.29 is 4.79 Å². The molecule has 4 heteroatoms. The highest BCUT2D eigenvalue weighted by molar-refractivity contribution is 5.85. The van der Waals surface area contributed by atoms with E-state index in [0.29, 0.717) is 18.3 Å². The summed E-state index contributed by atoms with van der Waals surface area (Å²) in [6.45, 7) is 9.60. The van der Waals surface area contributed by atoms with Gasteiger partial charge in [0, 0.05) is 13.0 Å². The van der Waals surface area contributed by atoms with Crippen molar-refractivity contribution >= 4 is 18.3 Å². The molecule has 24 heavy (non-hydrogen) atoms. The zero-order valence-corrected chi connectivity index (χ0v) is 16.1. The molecule has 1 aromatic carbocycles. The Morgan fingerprint density at radius 3 is 2.50 bits per heavy atom. The molecule has 1 amide bonds. The van der Waals surface area contributed by atoms with Crippen LogP contribution in [0.25, 0.3) is 0 Å². The summed E-state index contributed by atoms with van der Waals surface area (Å²) < 4.78 is 0. The van der Waals surface area contributed by atoms with Crippen LogP contribution < -0.4 is 10.6 Å². The molecule has 136 valence electrons. The van der Waals surface area contributed by atoms with Crippen LogP contribution in [0, 0.1) is 17.3 Å². The third-order valence-electron chi connectivity index (χ3n) is 4.99. The minimum atomic E-state index is 0. The van der Waals surface area contributed by atoms with Crippen molar-refractivity contribution in [3.05, 3.63) is 35.9 Å².